The van der Waals surface area contributed by atoms with Crippen LogP contribution < -0.4 is 0 Å². The first kappa shape index (κ1) is 10.6. The van der Waals surface area contributed by atoms with Gasteiger partial charge in [-0.25, -0.2) is 10.0 Å². The van der Waals surface area contributed by atoms with Crippen LogP contribution >= 0.6 is 0 Å². The lowest BCUT2D eigenvalue weighted by atomic mass is 10.3. The first-order valence-corrected chi connectivity index (χ1v) is 4.94. The van der Waals surface area contributed by atoms with E-state index in [9.17, 15) is 4.79 Å². The monoisotopic (exact) mass is 219 g/mol. The van der Waals surface area contributed by atoms with Gasteiger partial charge in [-0.1, -0.05) is 6.07 Å². The molecule has 0 aliphatic heterocycles. The predicted molar refractivity (Wildman–Crippen MR) is 58.7 cm³/mol. The number of amides is 1. The summed E-state index contributed by atoms with van der Waals surface area (Å²) in [5.74, 6) is -0.120. The van der Waals surface area contributed by atoms with Crippen LogP contribution in [0.2, 0.25) is 0 Å². The molecule has 0 saturated carbocycles. The van der Waals surface area contributed by atoms with Gasteiger partial charge in [-0.15, -0.1) is 0 Å². The van der Waals surface area contributed by atoms with E-state index < -0.39 is 0 Å². The normalized spacial score (nSPS) is 10.6. The van der Waals surface area contributed by atoms with Crippen molar-refractivity contribution >= 4 is 11.6 Å². The largest absolute Gasteiger partial charge is 0.307 e. The topological polar surface area (TPSA) is 46.8 Å². The number of hydroxylamine groups is 2. The number of aromatic nitrogens is 2. The molecule has 2 aromatic rings. The van der Waals surface area contributed by atoms with Gasteiger partial charge in [0.05, 0.1) is 19.2 Å². The van der Waals surface area contributed by atoms with Gasteiger partial charge in [-0.3, -0.25) is 9.63 Å². The Kier molecular flexibility index (Phi) is 2.87. The van der Waals surface area contributed by atoms with E-state index in [2.05, 4.69) is 4.98 Å². The molecule has 2 heterocycles. The minimum atomic E-state index is -0.120. The summed E-state index contributed by atoms with van der Waals surface area (Å²) in [6, 6.07) is 5.73. The Morgan fingerprint density at radius 3 is 3.06 bits per heavy atom. The number of hydrogen-bond donors (Lipinski definition) is 0. The van der Waals surface area contributed by atoms with Gasteiger partial charge in [0, 0.05) is 19.4 Å². The number of carbonyl (C=O) groups excluding carboxylic acids is 1. The fraction of sp³-hybridized carbons (Fsp3) is 0.273. The molecule has 2 aromatic heterocycles. The van der Waals surface area contributed by atoms with Crippen LogP contribution in [0.5, 0.6) is 0 Å². The van der Waals surface area contributed by atoms with Crippen LogP contribution in [0.15, 0.2) is 30.6 Å². The number of imidazole rings is 1. The molecule has 0 aliphatic rings. The molecule has 0 unspecified atom stereocenters. The second-order valence-electron chi connectivity index (χ2n) is 3.45. The maximum Gasteiger partial charge on any atom is 0.251 e. The van der Waals surface area contributed by atoms with Crippen LogP contribution in [0.25, 0.3) is 5.65 Å². The second-order valence-corrected chi connectivity index (χ2v) is 3.45. The van der Waals surface area contributed by atoms with Crippen LogP contribution in [-0.2, 0) is 16.1 Å². The summed E-state index contributed by atoms with van der Waals surface area (Å²) in [6.45, 7) is 0. The van der Waals surface area contributed by atoms with Gasteiger partial charge < -0.3 is 4.40 Å². The lowest BCUT2D eigenvalue weighted by Crippen LogP contribution is -2.27. The van der Waals surface area contributed by atoms with Gasteiger partial charge in [0.2, 0.25) is 0 Å². The summed E-state index contributed by atoms with van der Waals surface area (Å²) >= 11 is 0. The number of fused-ring (bicyclic) bond motifs is 1. The Morgan fingerprint density at radius 2 is 2.38 bits per heavy atom. The lowest BCUT2D eigenvalue weighted by Gasteiger charge is -2.11. The van der Waals surface area contributed by atoms with Crippen LogP contribution in [0, 0.1) is 0 Å². The maximum absolute atomic E-state index is 11.6. The zero-order valence-electron chi connectivity index (χ0n) is 9.25. The van der Waals surface area contributed by atoms with Crippen molar-refractivity contribution in [1.29, 1.82) is 0 Å². The highest BCUT2D eigenvalue weighted by Crippen LogP contribution is 2.06. The van der Waals surface area contributed by atoms with Crippen LogP contribution in [0.1, 0.15) is 5.69 Å². The summed E-state index contributed by atoms with van der Waals surface area (Å²) in [6.07, 6.45) is 3.99. The standard InChI is InChI=1S/C11H13N3O2/c1-13(16-2)11(15)7-9-8-14-6-4-3-5-10(14)12-9/h3-6,8H,7H2,1-2H3. The van der Waals surface area contributed by atoms with E-state index in [4.69, 9.17) is 4.84 Å². The quantitative estimate of drug-likeness (QED) is 0.720. The fourth-order valence-electron chi connectivity index (χ4n) is 1.44. The van der Waals surface area contributed by atoms with Gasteiger partial charge >= 0.3 is 0 Å². The first-order valence-electron chi connectivity index (χ1n) is 4.94. The molecule has 0 aromatic carbocycles. The number of pyridine rings is 1. The van der Waals surface area contributed by atoms with E-state index in [1.54, 1.807) is 7.05 Å². The molecule has 0 bridgehead atoms. The Morgan fingerprint density at radius 1 is 1.56 bits per heavy atom. The van der Waals surface area contributed by atoms with E-state index in [-0.39, 0.29) is 12.3 Å². The zero-order valence-corrected chi connectivity index (χ0v) is 9.25. The molecule has 0 fully saturated rings. The number of rotatable bonds is 3. The summed E-state index contributed by atoms with van der Waals surface area (Å²) in [5, 5.41) is 1.20. The third kappa shape index (κ3) is 2.04. The third-order valence-electron chi connectivity index (χ3n) is 2.37. The number of likely N-dealkylation sites (N-methyl/N-ethyl adjacent to an activating group) is 1. The van der Waals surface area contributed by atoms with Gasteiger partial charge in [-0.2, -0.15) is 0 Å². The van der Waals surface area contributed by atoms with Crippen molar-refractivity contribution in [3.63, 3.8) is 0 Å². The lowest BCUT2D eigenvalue weighted by molar-refractivity contribution is -0.167. The molecule has 5 heteroatoms. The van der Waals surface area contributed by atoms with Crippen molar-refractivity contribution in [2.24, 2.45) is 0 Å². The SMILES string of the molecule is CON(C)C(=O)Cc1cn2ccccc2n1. The molecule has 0 saturated heterocycles. The molecule has 0 spiro atoms. The number of nitrogens with zero attached hydrogens (tertiary/aromatic N) is 3. The molecule has 0 aliphatic carbocycles. The number of hydrogen-bond acceptors (Lipinski definition) is 3. The highest BCUT2D eigenvalue weighted by atomic mass is 16.7. The molecule has 5 nitrogen and oxygen atoms in total. The molecule has 16 heavy (non-hydrogen) atoms. The van der Waals surface area contributed by atoms with E-state index in [1.165, 1.54) is 12.2 Å². The number of carbonyl (C=O) groups is 1. The average Bonchev–Trinajstić information content (AvgIpc) is 2.69. The van der Waals surface area contributed by atoms with Crippen LogP contribution in [0.4, 0.5) is 0 Å². The molecule has 1 amide bonds. The highest BCUT2D eigenvalue weighted by molar-refractivity contribution is 5.77. The van der Waals surface area contributed by atoms with Crippen molar-refractivity contribution in [1.82, 2.24) is 14.4 Å². The van der Waals surface area contributed by atoms with Gasteiger partial charge in [0.15, 0.2) is 0 Å². The minimum Gasteiger partial charge on any atom is -0.307 e. The van der Waals surface area contributed by atoms with Gasteiger partial charge in [0.1, 0.15) is 5.65 Å². The fourth-order valence-corrected chi connectivity index (χ4v) is 1.44. The second kappa shape index (κ2) is 4.32. The maximum atomic E-state index is 11.6. The Balaban J connectivity index is 2.18. The van der Waals surface area contributed by atoms with Gasteiger partial charge in [0.25, 0.3) is 5.91 Å². The van der Waals surface area contributed by atoms with E-state index in [0.717, 1.165) is 11.3 Å². The van der Waals surface area contributed by atoms with E-state index >= 15 is 0 Å². The van der Waals surface area contributed by atoms with Crippen molar-refractivity contribution in [3.8, 4) is 0 Å². The van der Waals surface area contributed by atoms with Crippen molar-refractivity contribution in [2.45, 2.75) is 6.42 Å². The Labute approximate surface area is 93.2 Å². The van der Waals surface area contributed by atoms with Crippen molar-refractivity contribution in [3.05, 3.63) is 36.3 Å². The predicted octanol–water partition coefficient (Wildman–Crippen LogP) is 0.897. The summed E-state index contributed by atoms with van der Waals surface area (Å²) in [7, 11) is 3.04. The smallest absolute Gasteiger partial charge is 0.251 e. The van der Waals surface area contributed by atoms with Gasteiger partial charge in [-0.05, 0) is 12.1 Å². The molecule has 0 radical (unpaired) electrons. The van der Waals surface area contributed by atoms with Crippen molar-refractivity contribution in [2.75, 3.05) is 14.2 Å². The highest BCUT2D eigenvalue weighted by Gasteiger charge is 2.11. The molecule has 0 atom stereocenters. The summed E-state index contributed by atoms with van der Waals surface area (Å²) < 4.78 is 1.88. The Bertz CT molecular complexity index is 474. The van der Waals surface area contributed by atoms with Crippen LogP contribution in [-0.4, -0.2) is 34.5 Å². The van der Waals surface area contributed by atoms with Crippen LogP contribution in [0.3, 0.4) is 0 Å². The molecule has 0 N–H and O–H groups in total. The summed E-state index contributed by atoms with van der Waals surface area (Å²) in [5.41, 5.74) is 1.57. The molecule has 84 valence electrons. The average molecular weight is 219 g/mol. The first-order chi connectivity index (χ1) is 7.70. The van der Waals surface area contributed by atoms with Crippen molar-refractivity contribution < 1.29 is 9.63 Å². The molecular weight excluding hydrogens is 206 g/mol. The molecular formula is C11H13N3O2. The molecule has 2 rings (SSSR count). The third-order valence-corrected chi connectivity index (χ3v) is 2.37. The Hall–Kier alpha value is -1.88. The summed E-state index contributed by atoms with van der Waals surface area (Å²) in [4.78, 5) is 20.7. The van der Waals surface area contributed by atoms with E-state index in [0.29, 0.717) is 0 Å². The van der Waals surface area contributed by atoms with E-state index in [1.807, 2.05) is 35.0 Å². The minimum absolute atomic E-state index is 0.120. The zero-order chi connectivity index (χ0) is 11.5.